The second-order valence-corrected chi connectivity index (χ2v) is 13.4. The highest BCUT2D eigenvalue weighted by atomic mass is 32.2. The van der Waals surface area contributed by atoms with Gasteiger partial charge < -0.3 is 16.0 Å². The van der Waals surface area contributed by atoms with Gasteiger partial charge in [0, 0.05) is 37.9 Å². The molecule has 2 saturated heterocycles. The van der Waals surface area contributed by atoms with Gasteiger partial charge in [0.25, 0.3) is 0 Å². The number of nitrogens with two attached hydrogens (primary N) is 1. The fourth-order valence-electron chi connectivity index (χ4n) is 5.56. The maximum atomic E-state index is 12.9. The number of hydrogen-bond donors (Lipinski definition) is 3. The summed E-state index contributed by atoms with van der Waals surface area (Å²) >= 11 is 0. The fraction of sp³-hybridized carbons (Fsp3) is 0.680. The van der Waals surface area contributed by atoms with E-state index in [4.69, 9.17) is 0 Å². The van der Waals surface area contributed by atoms with Crippen LogP contribution in [0.5, 0.6) is 0 Å². The summed E-state index contributed by atoms with van der Waals surface area (Å²) in [5, 5.41) is 8.33. The van der Waals surface area contributed by atoms with Crippen molar-refractivity contribution in [2.45, 2.75) is 95.3 Å². The number of carbonyl (C=O) groups excluding carboxylic acids is 2. The highest BCUT2D eigenvalue weighted by Gasteiger charge is 2.42. The Kier molecular flexibility index (Phi) is 7.79. The molecule has 2 heterocycles. The van der Waals surface area contributed by atoms with E-state index in [2.05, 4.69) is 43.6 Å². The smallest absolute Gasteiger partial charge is 0.243 e. The van der Waals surface area contributed by atoms with Crippen LogP contribution in [0.15, 0.2) is 29.2 Å². The minimum atomic E-state index is -3.57. The number of piperidine rings is 2. The van der Waals surface area contributed by atoms with Crippen LogP contribution in [-0.4, -0.2) is 60.8 Å². The molecule has 2 fully saturated rings. The number of hydrogen-bond acceptors (Lipinski definition) is 4. The molecule has 4 N–H and O–H groups in total. The number of carbonyl (C=O) groups is 2. The van der Waals surface area contributed by atoms with E-state index >= 15 is 0 Å². The number of nitrogens with zero attached hydrogens (tertiary/aromatic N) is 1. The van der Waals surface area contributed by atoms with Crippen LogP contribution in [0.2, 0.25) is 0 Å². The first-order valence-corrected chi connectivity index (χ1v) is 13.7. The molecule has 1 aromatic rings. The molecule has 34 heavy (non-hydrogen) atoms. The third kappa shape index (κ3) is 6.58. The second kappa shape index (κ2) is 9.95. The molecule has 2 aliphatic rings. The normalized spacial score (nSPS) is 22.6. The van der Waals surface area contributed by atoms with Crippen LogP contribution >= 0.6 is 0 Å². The maximum absolute atomic E-state index is 12.9. The fourth-order valence-corrected chi connectivity index (χ4v) is 7.03. The van der Waals surface area contributed by atoms with E-state index in [0.29, 0.717) is 12.8 Å². The molecular formula is C25H41N4O4S+. The molecule has 8 nitrogen and oxygen atoms in total. The SMILES string of the molecule is Cc1ccc(S(=O)(=O)N2CCC(C(=O)N[C@@H](C)C(=O)NC3CC(C)(C)[NH2+]C(C)(C)C3)CC2)cc1. The number of aryl methyl sites for hydroxylation is 1. The summed E-state index contributed by atoms with van der Waals surface area (Å²) < 4.78 is 27.2. The Morgan fingerprint density at radius 2 is 1.56 bits per heavy atom. The first-order chi connectivity index (χ1) is 15.7. The van der Waals surface area contributed by atoms with E-state index < -0.39 is 16.1 Å². The molecule has 0 bridgehead atoms. The lowest BCUT2D eigenvalue weighted by Gasteiger charge is -2.43. The molecule has 0 aliphatic carbocycles. The number of amides is 2. The molecular weight excluding hydrogens is 452 g/mol. The third-order valence-electron chi connectivity index (χ3n) is 6.91. The molecule has 2 amide bonds. The summed E-state index contributed by atoms with van der Waals surface area (Å²) in [6.07, 6.45) is 2.62. The number of benzene rings is 1. The Labute approximate surface area is 204 Å². The molecule has 0 aromatic heterocycles. The Hall–Kier alpha value is -1.97. The highest BCUT2D eigenvalue weighted by molar-refractivity contribution is 7.89. The molecule has 1 atom stereocenters. The summed E-state index contributed by atoms with van der Waals surface area (Å²) in [7, 11) is -3.57. The lowest BCUT2D eigenvalue weighted by atomic mass is 9.79. The van der Waals surface area contributed by atoms with Crippen molar-refractivity contribution in [1.82, 2.24) is 14.9 Å². The van der Waals surface area contributed by atoms with E-state index in [1.54, 1.807) is 31.2 Å². The van der Waals surface area contributed by atoms with Gasteiger partial charge in [-0.3, -0.25) is 9.59 Å². The van der Waals surface area contributed by atoms with Gasteiger partial charge in [-0.2, -0.15) is 4.31 Å². The van der Waals surface area contributed by atoms with E-state index in [1.165, 1.54) is 4.31 Å². The number of sulfonamides is 1. The van der Waals surface area contributed by atoms with Gasteiger partial charge in [-0.1, -0.05) is 17.7 Å². The zero-order valence-electron chi connectivity index (χ0n) is 21.3. The maximum Gasteiger partial charge on any atom is 0.243 e. The number of nitrogens with one attached hydrogen (secondary N) is 2. The van der Waals surface area contributed by atoms with Gasteiger partial charge in [0.2, 0.25) is 21.8 Å². The highest BCUT2D eigenvalue weighted by Crippen LogP contribution is 2.25. The second-order valence-electron chi connectivity index (χ2n) is 11.5. The topological polar surface area (TPSA) is 112 Å². The summed E-state index contributed by atoms with van der Waals surface area (Å²) in [4.78, 5) is 25.9. The Morgan fingerprint density at radius 3 is 2.09 bits per heavy atom. The van der Waals surface area contributed by atoms with Crippen LogP contribution in [0.1, 0.15) is 65.9 Å². The van der Waals surface area contributed by atoms with Crippen LogP contribution < -0.4 is 16.0 Å². The Bertz CT molecular complexity index is 980. The van der Waals surface area contributed by atoms with Crippen molar-refractivity contribution < 1.29 is 23.3 Å². The summed E-state index contributed by atoms with van der Waals surface area (Å²) in [5.41, 5.74) is 1.08. The third-order valence-corrected chi connectivity index (χ3v) is 8.82. The van der Waals surface area contributed by atoms with Crippen molar-refractivity contribution in [2.24, 2.45) is 5.92 Å². The Morgan fingerprint density at radius 1 is 1.03 bits per heavy atom. The van der Waals surface area contributed by atoms with Crippen LogP contribution in [-0.2, 0) is 19.6 Å². The minimum Gasteiger partial charge on any atom is -0.351 e. The molecule has 190 valence electrons. The van der Waals surface area contributed by atoms with Crippen molar-refractivity contribution in [1.29, 1.82) is 0 Å². The molecule has 2 aliphatic heterocycles. The molecule has 0 spiro atoms. The van der Waals surface area contributed by atoms with E-state index in [1.807, 2.05) is 6.92 Å². The van der Waals surface area contributed by atoms with Gasteiger partial charge in [-0.25, -0.2) is 8.42 Å². The van der Waals surface area contributed by atoms with Crippen LogP contribution in [0, 0.1) is 12.8 Å². The average Bonchev–Trinajstić information content (AvgIpc) is 2.71. The molecule has 9 heteroatoms. The van der Waals surface area contributed by atoms with Crippen molar-refractivity contribution >= 4 is 21.8 Å². The van der Waals surface area contributed by atoms with Crippen molar-refractivity contribution in [2.75, 3.05) is 13.1 Å². The first kappa shape index (κ1) is 26.6. The molecule has 0 unspecified atom stereocenters. The molecule has 1 aromatic carbocycles. The number of quaternary nitrogens is 1. The van der Waals surface area contributed by atoms with E-state index in [9.17, 15) is 18.0 Å². The first-order valence-electron chi connectivity index (χ1n) is 12.2. The zero-order valence-corrected chi connectivity index (χ0v) is 22.2. The summed E-state index contributed by atoms with van der Waals surface area (Å²) in [6, 6.07) is 6.24. The molecule has 0 radical (unpaired) electrons. The minimum absolute atomic E-state index is 0.0407. The zero-order chi connectivity index (χ0) is 25.3. The summed E-state index contributed by atoms with van der Waals surface area (Å²) in [5.74, 6) is -0.666. The van der Waals surface area contributed by atoms with Gasteiger partial charge in [0.15, 0.2) is 0 Å². The lowest BCUT2D eigenvalue weighted by Crippen LogP contribution is -3.06. The predicted octanol–water partition coefficient (Wildman–Crippen LogP) is 1.30. The number of rotatable bonds is 6. The average molecular weight is 494 g/mol. The van der Waals surface area contributed by atoms with Crippen molar-refractivity contribution in [3.05, 3.63) is 29.8 Å². The molecule has 0 saturated carbocycles. The standard InChI is InChI=1S/C25H40N4O4S/c1-17-7-9-21(10-8-17)34(32,33)29-13-11-19(12-14-29)23(31)26-18(2)22(30)27-20-15-24(3,4)28-25(5,6)16-20/h7-10,18-20,28H,11-16H2,1-6H3,(H,26,31)(H,27,30)/p+1/t18-/m0/s1. The lowest BCUT2D eigenvalue weighted by molar-refractivity contribution is -0.787. The monoisotopic (exact) mass is 493 g/mol. The van der Waals surface area contributed by atoms with Crippen LogP contribution in [0.3, 0.4) is 0 Å². The molecule has 3 rings (SSSR count). The van der Waals surface area contributed by atoms with E-state index in [-0.39, 0.29) is 52.8 Å². The largest absolute Gasteiger partial charge is 0.351 e. The van der Waals surface area contributed by atoms with Gasteiger partial charge >= 0.3 is 0 Å². The van der Waals surface area contributed by atoms with E-state index in [0.717, 1.165) is 18.4 Å². The van der Waals surface area contributed by atoms with Crippen LogP contribution in [0.25, 0.3) is 0 Å². The quantitative estimate of drug-likeness (QED) is 0.554. The Balaban J connectivity index is 1.50. The van der Waals surface area contributed by atoms with Crippen LogP contribution in [0.4, 0.5) is 0 Å². The summed E-state index contributed by atoms with van der Waals surface area (Å²) in [6.45, 7) is 12.9. The van der Waals surface area contributed by atoms with Gasteiger partial charge in [0.1, 0.15) is 6.04 Å². The van der Waals surface area contributed by atoms with Gasteiger partial charge in [-0.05, 0) is 66.5 Å². The predicted molar refractivity (Wildman–Crippen MR) is 132 cm³/mol. The van der Waals surface area contributed by atoms with Gasteiger partial charge in [-0.15, -0.1) is 0 Å². The van der Waals surface area contributed by atoms with Crippen molar-refractivity contribution in [3.63, 3.8) is 0 Å². The van der Waals surface area contributed by atoms with Crippen molar-refractivity contribution in [3.8, 4) is 0 Å². The van der Waals surface area contributed by atoms with Gasteiger partial charge in [0.05, 0.1) is 16.0 Å².